The Balaban J connectivity index is 2.90. The molecule has 0 atom stereocenters. The standard InChI is InChI=1S/C11H17O5PS2/c1-4-14-17(18,15-5-2)16-10-6-8-11(9-7-10)19(3,12)13/h6-9H,4-5H2,1-3H3. The van der Waals surface area contributed by atoms with Crippen LogP contribution in [0.1, 0.15) is 13.8 Å². The molecule has 1 aromatic carbocycles. The van der Waals surface area contributed by atoms with Crippen LogP contribution in [-0.4, -0.2) is 27.9 Å². The first kappa shape index (κ1) is 16.6. The monoisotopic (exact) mass is 324 g/mol. The molecule has 0 fully saturated rings. The van der Waals surface area contributed by atoms with E-state index in [0.717, 1.165) is 6.26 Å². The lowest BCUT2D eigenvalue weighted by Gasteiger charge is -2.21. The average molecular weight is 324 g/mol. The van der Waals surface area contributed by atoms with Crippen molar-refractivity contribution in [1.82, 2.24) is 0 Å². The zero-order valence-corrected chi connectivity index (χ0v) is 13.6. The zero-order valence-electron chi connectivity index (χ0n) is 11.0. The molecular weight excluding hydrogens is 307 g/mol. The normalized spacial score (nSPS) is 12.4. The SMILES string of the molecule is CCOP(=S)(OCC)Oc1ccc(S(C)(=O)=O)cc1. The molecular formula is C11H17O5PS2. The van der Waals surface area contributed by atoms with Gasteiger partial charge in [0.15, 0.2) is 9.84 Å². The Bertz CT molecular complexity index is 543. The van der Waals surface area contributed by atoms with Gasteiger partial charge >= 0.3 is 6.72 Å². The van der Waals surface area contributed by atoms with E-state index in [-0.39, 0.29) is 4.90 Å². The molecule has 0 spiro atoms. The van der Waals surface area contributed by atoms with Crippen LogP contribution < -0.4 is 4.52 Å². The Hall–Kier alpha value is -0.460. The van der Waals surface area contributed by atoms with Crippen molar-refractivity contribution in [2.45, 2.75) is 18.7 Å². The summed E-state index contributed by atoms with van der Waals surface area (Å²) in [5.41, 5.74) is 0. The zero-order chi connectivity index (χ0) is 14.5. The van der Waals surface area contributed by atoms with Crippen molar-refractivity contribution in [3.8, 4) is 5.75 Å². The molecule has 0 amide bonds. The summed E-state index contributed by atoms with van der Waals surface area (Å²) >= 11 is 5.21. The average Bonchev–Trinajstić information content (AvgIpc) is 2.28. The van der Waals surface area contributed by atoms with Gasteiger partial charge in [-0.2, -0.15) is 0 Å². The van der Waals surface area contributed by atoms with Crippen molar-refractivity contribution in [2.24, 2.45) is 0 Å². The van der Waals surface area contributed by atoms with Crippen molar-refractivity contribution < 1.29 is 22.0 Å². The van der Waals surface area contributed by atoms with Crippen molar-refractivity contribution in [3.63, 3.8) is 0 Å². The first-order valence-corrected chi connectivity index (χ1v) is 10.1. The third-order valence-corrected chi connectivity index (χ3v) is 5.61. The first-order chi connectivity index (χ1) is 8.80. The molecule has 8 heteroatoms. The van der Waals surface area contributed by atoms with Gasteiger partial charge in [-0.3, -0.25) is 9.05 Å². The molecule has 5 nitrogen and oxygen atoms in total. The minimum atomic E-state index is -3.22. The first-order valence-electron chi connectivity index (χ1n) is 5.69. The maximum Gasteiger partial charge on any atom is 0.380 e. The minimum Gasteiger partial charge on any atom is -0.424 e. The predicted molar refractivity (Wildman–Crippen MR) is 77.7 cm³/mol. The number of sulfone groups is 1. The minimum absolute atomic E-state index is 0.223. The number of rotatable bonds is 7. The van der Waals surface area contributed by atoms with Crippen LogP contribution in [0, 0.1) is 0 Å². The second-order valence-electron chi connectivity index (χ2n) is 3.62. The van der Waals surface area contributed by atoms with Gasteiger partial charge < -0.3 is 4.52 Å². The van der Waals surface area contributed by atoms with Gasteiger partial charge in [-0.25, -0.2) is 8.42 Å². The summed E-state index contributed by atoms with van der Waals surface area (Å²) in [5, 5.41) is 0. The van der Waals surface area contributed by atoms with E-state index in [0.29, 0.717) is 19.0 Å². The Morgan fingerprint density at radius 1 is 1.11 bits per heavy atom. The summed E-state index contributed by atoms with van der Waals surface area (Å²) < 4.78 is 38.9. The van der Waals surface area contributed by atoms with E-state index in [1.54, 1.807) is 13.8 Å². The van der Waals surface area contributed by atoms with Crippen molar-refractivity contribution in [1.29, 1.82) is 0 Å². The van der Waals surface area contributed by atoms with E-state index in [9.17, 15) is 8.42 Å². The molecule has 0 heterocycles. The van der Waals surface area contributed by atoms with E-state index >= 15 is 0 Å². The lowest BCUT2D eigenvalue weighted by atomic mass is 10.3. The fourth-order valence-corrected chi connectivity index (χ4v) is 4.00. The highest BCUT2D eigenvalue weighted by molar-refractivity contribution is 8.07. The van der Waals surface area contributed by atoms with Gasteiger partial charge in [0.05, 0.1) is 18.1 Å². The van der Waals surface area contributed by atoms with Crippen LogP contribution in [0.5, 0.6) is 5.75 Å². The number of hydrogen-bond donors (Lipinski definition) is 0. The Morgan fingerprint density at radius 3 is 1.95 bits per heavy atom. The molecule has 0 aliphatic heterocycles. The van der Waals surface area contributed by atoms with E-state index in [2.05, 4.69) is 0 Å². The van der Waals surface area contributed by atoms with Crippen molar-refractivity contribution in [2.75, 3.05) is 19.5 Å². The number of hydrogen-bond acceptors (Lipinski definition) is 6. The molecule has 0 N–H and O–H groups in total. The highest BCUT2D eigenvalue weighted by atomic mass is 32.5. The maximum atomic E-state index is 11.3. The van der Waals surface area contributed by atoms with Gasteiger partial charge in [0.25, 0.3) is 0 Å². The predicted octanol–water partition coefficient (Wildman–Crippen LogP) is 2.77. The fraction of sp³-hybridized carbons (Fsp3) is 0.455. The lowest BCUT2D eigenvalue weighted by Crippen LogP contribution is -2.02. The molecule has 0 aliphatic rings. The summed E-state index contributed by atoms with van der Waals surface area (Å²) in [6.45, 7) is 1.57. The molecule has 0 aromatic heterocycles. The quantitative estimate of drug-likeness (QED) is 0.719. The molecule has 0 aliphatic carbocycles. The van der Waals surface area contributed by atoms with Crippen LogP contribution in [0.3, 0.4) is 0 Å². The third-order valence-electron chi connectivity index (χ3n) is 2.04. The fourth-order valence-electron chi connectivity index (χ4n) is 1.28. The largest absolute Gasteiger partial charge is 0.424 e. The molecule has 0 saturated heterocycles. The summed E-state index contributed by atoms with van der Waals surface area (Å²) in [6.07, 6.45) is 1.15. The smallest absolute Gasteiger partial charge is 0.380 e. The van der Waals surface area contributed by atoms with E-state index in [1.165, 1.54) is 24.3 Å². The summed E-state index contributed by atoms with van der Waals surface area (Å²) in [7, 11) is -3.22. The van der Waals surface area contributed by atoms with Crippen LogP contribution in [-0.2, 0) is 30.7 Å². The van der Waals surface area contributed by atoms with Gasteiger partial charge in [-0.05, 0) is 38.1 Å². The number of benzene rings is 1. The van der Waals surface area contributed by atoms with Crippen LogP contribution in [0.4, 0.5) is 0 Å². The molecule has 0 bridgehead atoms. The summed E-state index contributed by atoms with van der Waals surface area (Å²) in [5.74, 6) is 0.428. The highest BCUT2D eigenvalue weighted by Crippen LogP contribution is 2.49. The van der Waals surface area contributed by atoms with Gasteiger partial charge in [0.1, 0.15) is 5.75 Å². The maximum absolute atomic E-state index is 11.3. The topological polar surface area (TPSA) is 61.8 Å². The van der Waals surface area contributed by atoms with Crippen LogP contribution in [0.25, 0.3) is 0 Å². The molecule has 19 heavy (non-hydrogen) atoms. The molecule has 1 aromatic rings. The van der Waals surface area contributed by atoms with Crippen LogP contribution >= 0.6 is 6.72 Å². The highest BCUT2D eigenvalue weighted by Gasteiger charge is 2.21. The molecule has 0 unspecified atom stereocenters. The van der Waals surface area contributed by atoms with Gasteiger partial charge in [0, 0.05) is 18.1 Å². The molecule has 108 valence electrons. The van der Waals surface area contributed by atoms with Crippen molar-refractivity contribution >= 4 is 28.4 Å². The van der Waals surface area contributed by atoms with Gasteiger partial charge in [-0.1, -0.05) is 0 Å². The third kappa shape index (κ3) is 5.20. The Labute approximate surface area is 119 Å². The van der Waals surface area contributed by atoms with Crippen molar-refractivity contribution in [3.05, 3.63) is 24.3 Å². The Kier molecular flexibility index (Phi) is 5.95. The van der Waals surface area contributed by atoms with Gasteiger partial charge in [-0.15, -0.1) is 0 Å². The van der Waals surface area contributed by atoms with Gasteiger partial charge in [0.2, 0.25) is 0 Å². The van der Waals surface area contributed by atoms with Crippen LogP contribution in [0.15, 0.2) is 29.2 Å². The van der Waals surface area contributed by atoms with Crippen LogP contribution in [0.2, 0.25) is 0 Å². The van der Waals surface area contributed by atoms with E-state index in [4.69, 9.17) is 25.4 Å². The van der Waals surface area contributed by atoms with E-state index in [1.807, 2.05) is 0 Å². The molecule has 0 saturated carbocycles. The lowest BCUT2D eigenvalue weighted by molar-refractivity contribution is 0.218. The Morgan fingerprint density at radius 2 is 1.58 bits per heavy atom. The molecule has 1 rings (SSSR count). The van der Waals surface area contributed by atoms with E-state index < -0.39 is 16.6 Å². The second-order valence-corrected chi connectivity index (χ2v) is 8.57. The molecule has 0 radical (unpaired) electrons. The summed E-state index contributed by atoms with van der Waals surface area (Å²) in [6, 6.07) is 6.00. The summed E-state index contributed by atoms with van der Waals surface area (Å²) in [4.78, 5) is 0.223. The second kappa shape index (κ2) is 6.81.